The maximum Gasteiger partial charge on any atom is 0.333 e. The molecule has 3 aromatic carbocycles. The predicted octanol–water partition coefficient (Wildman–Crippen LogP) is 6.25. The molecular weight excluding hydrogens is 518 g/mol. The van der Waals surface area contributed by atoms with Crippen molar-refractivity contribution in [3.63, 3.8) is 0 Å². The summed E-state index contributed by atoms with van der Waals surface area (Å²) in [5.41, 5.74) is 3.97. The molecule has 0 bridgehead atoms. The van der Waals surface area contributed by atoms with Crippen LogP contribution in [0.5, 0.6) is 0 Å². The smallest absolute Gasteiger partial charge is 0.333 e. The molecular formula is C29H27N3O6S. The number of benzene rings is 3. The molecule has 4 aromatic rings. The number of hydrogen-bond donors (Lipinski definition) is 0. The monoisotopic (exact) mass is 545 g/mol. The van der Waals surface area contributed by atoms with E-state index in [1.54, 1.807) is 19.1 Å². The second-order valence-electron chi connectivity index (χ2n) is 8.72. The van der Waals surface area contributed by atoms with Gasteiger partial charge in [0.05, 0.1) is 4.92 Å². The zero-order valence-electron chi connectivity index (χ0n) is 21.8. The number of ether oxygens (including phenoxy) is 1. The minimum Gasteiger partial charge on any atom is -0.461 e. The second-order valence-corrected chi connectivity index (χ2v) is 9.86. The van der Waals surface area contributed by atoms with E-state index in [1.165, 1.54) is 24.8 Å². The van der Waals surface area contributed by atoms with Crippen LogP contribution in [-0.4, -0.2) is 39.5 Å². The molecule has 0 atom stereocenters. The average Bonchev–Trinajstić information content (AvgIpc) is 3.23. The van der Waals surface area contributed by atoms with E-state index in [2.05, 4.69) is 16.3 Å². The van der Waals surface area contributed by atoms with Crippen molar-refractivity contribution in [2.45, 2.75) is 32.2 Å². The molecule has 0 radical (unpaired) electrons. The largest absolute Gasteiger partial charge is 0.461 e. The van der Waals surface area contributed by atoms with Crippen molar-refractivity contribution >= 4 is 56.9 Å². The van der Waals surface area contributed by atoms with E-state index < -0.39 is 16.9 Å². The van der Waals surface area contributed by atoms with Crippen LogP contribution in [0.1, 0.15) is 31.9 Å². The molecule has 1 heterocycles. The summed E-state index contributed by atoms with van der Waals surface area (Å²) in [6, 6.07) is 18.1. The summed E-state index contributed by atoms with van der Waals surface area (Å²) in [6.45, 7) is 9.35. The van der Waals surface area contributed by atoms with Gasteiger partial charge in [-0.25, -0.2) is 9.59 Å². The van der Waals surface area contributed by atoms with Gasteiger partial charge in [0.2, 0.25) is 0 Å². The van der Waals surface area contributed by atoms with Gasteiger partial charge in [-0.15, -0.1) is 11.8 Å². The van der Waals surface area contributed by atoms with Gasteiger partial charge in [0.15, 0.2) is 0 Å². The lowest BCUT2D eigenvalue weighted by molar-refractivity contribution is -0.384. The first kappa shape index (κ1) is 27.6. The highest BCUT2D eigenvalue weighted by Crippen LogP contribution is 2.34. The first-order valence-electron chi connectivity index (χ1n) is 12.2. The molecule has 0 aliphatic carbocycles. The Bertz CT molecular complexity index is 1640. The van der Waals surface area contributed by atoms with Gasteiger partial charge >= 0.3 is 11.9 Å². The summed E-state index contributed by atoms with van der Waals surface area (Å²) in [5, 5.41) is 17.3. The van der Waals surface area contributed by atoms with E-state index in [4.69, 9.17) is 9.57 Å². The fourth-order valence-electron chi connectivity index (χ4n) is 4.26. The fraction of sp³-hybridized carbons (Fsp3) is 0.207. The van der Waals surface area contributed by atoms with Gasteiger partial charge in [-0.3, -0.25) is 10.1 Å². The number of esters is 1. The first-order valence-corrected chi connectivity index (χ1v) is 13.2. The summed E-state index contributed by atoms with van der Waals surface area (Å²) in [6.07, 6.45) is 0. The molecule has 10 heteroatoms. The van der Waals surface area contributed by atoms with Gasteiger partial charge in [-0.2, -0.15) is 0 Å². The van der Waals surface area contributed by atoms with Crippen LogP contribution in [0.15, 0.2) is 82.9 Å². The Kier molecular flexibility index (Phi) is 8.46. The highest BCUT2D eigenvalue weighted by molar-refractivity contribution is 7.99. The van der Waals surface area contributed by atoms with Crippen molar-refractivity contribution in [1.29, 1.82) is 0 Å². The third-order valence-corrected chi connectivity index (χ3v) is 7.02. The summed E-state index contributed by atoms with van der Waals surface area (Å²) in [7, 11) is 0. The first-order chi connectivity index (χ1) is 18.7. The van der Waals surface area contributed by atoms with Crippen molar-refractivity contribution in [3.8, 4) is 0 Å². The average molecular weight is 546 g/mol. The van der Waals surface area contributed by atoms with Crippen LogP contribution < -0.4 is 0 Å². The number of hydrogen-bond acceptors (Lipinski definition) is 8. The van der Waals surface area contributed by atoms with Crippen molar-refractivity contribution < 1.29 is 24.1 Å². The molecule has 9 nitrogen and oxygen atoms in total. The third kappa shape index (κ3) is 6.01. The summed E-state index contributed by atoms with van der Waals surface area (Å²) in [5.74, 6) is -0.520. The van der Waals surface area contributed by atoms with Crippen LogP contribution in [-0.2, 0) is 25.7 Å². The molecule has 0 saturated heterocycles. The number of carbonyl (C=O) groups is 2. The number of rotatable bonds is 10. The van der Waals surface area contributed by atoms with Crippen LogP contribution in [0.4, 0.5) is 5.69 Å². The Morgan fingerprint density at radius 1 is 1.05 bits per heavy atom. The molecule has 0 amide bonds. The summed E-state index contributed by atoms with van der Waals surface area (Å²) < 4.78 is 7.30. The summed E-state index contributed by atoms with van der Waals surface area (Å²) >= 11 is 1.47. The molecule has 0 unspecified atom stereocenters. The molecule has 0 fully saturated rings. The maximum absolute atomic E-state index is 11.7. The lowest BCUT2D eigenvalue weighted by Gasteiger charge is -2.12. The number of fused-ring (bicyclic) bond motifs is 3. The van der Waals surface area contributed by atoms with Crippen molar-refractivity contribution in [1.82, 2.24) is 4.57 Å². The van der Waals surface area contributed by atoms with Crippen LogP contribution in [0, 0.1) is 10.1 Å². The van der Waals surface area contributed by atoms with Gasteiger partial charge < -0.3 is 14.1 Å². The topological polar surface area (TPSA) is 113 Å². The quantitative estimate of drug-likeness (QED) is 0.0338. The number of oxime groups is 1. The van der Waals surface area contributed by atoms with Crippen molar-refractivity contribution in [2.24, 2.45) is 5.16 Å². The second kappa shape index (κ2) is 12.0. The van der Waals surface area contributed by atoms with E-state index in [0.717, 1.165) is 32.3 Å². The van der Waals surface area contributed by atoms with E-state index in [9.17, 15) is 19.7 Å². The molecule has 200 valence electrons. The normalized spacial score (nSPS) is 11.5. The van der Waals surface area contributed by atoms with Gasteiger partial charge in [0.25, 0.3) is 5.69 Å². The Labute approximate surface area is 229 Å². The fourth-order valence-corrected chi connectivity index (χ4v) is 5.14. The number of thioether (sulfide) groups is 1. The molecule has 0 aliphatic rings. The van der Waals surface area contributed by atoms with E-state index in [-0.39, 0.29) is 12.3 Å². The van der Waals surface area contributed by atoms with Crippen LogP contribution in [0.2, 0.25) is 0 Å². The Hall–Kier alpha value is -4.44. The Balaban J connectivity index is 1.79. The minimum absolute atomic E-state index is 0.00551. The SMILES string of the molecule is C=C(C)C(=O)OCCSc1ccccc1/C(=N\OC(C)=O)c1ccc2c(c1)c1cc([N+](=O)[O-])ccc1n2CC. The zero-order valence-corrected chi connectivity index (χ0v) is 22.6. The molecule has 0 N–H and O–H groups in total. The van der Waals surface area contributed by atoms with Gasteiger partial charge in [0.1, 0.15) is 12.3 Å². The highest BCUT2D eigenvalue weighted by atomic mass is 32.2. The van der Waals surface area contributed by atoms with Crippen LogP contribution in [0.3, 0.4) is 0 Å². The standard InChI is InChI=1S/C29H27N3O6S/c1-5-31-25-12-10-20(16-23(25)24-17-21(32(35)36)11-13-26(24)31)28(30-38-19(4)33)22-8-6-7-9-27(22)39-15-14-37-29(34)18(2)3/h6-13,16-17H,2,5,14-15H2,1,3-4H3/b30-28-. The van der Waals surface area contributed by atoms with Crippen LogP contribution in [0.25, 0.3) is 21.8 Å². The van der Waals surface area contributed by atoms with Gasteiger partial charge in [-0.05, 0) is 38.1 Å². The molecule has 0 aliphatic heterocycles. The lowest BCUT2D eigenvalue weighted by Crippen LogP contribution is -2.09. The van der Waals surface area contributed by atoms with Gasteiger partial charge in [0, 0.05) is 74.8 Å². The van der Waals surface area contributed by atoms with E-state index in [0.29, 0.717) is 29.1 Å². The maximum atomic E-state index is 11.7. The lowest BCUT2D eigenvalue weighted by atomic mass is 10.00. The Morgan fingerprint density at radius 3 is 2.41 bits per heavy atom. The van der Waals surface area contributed by atoms with E-state index in [1.807, 2.05) is 49.4 Å². The minimum atomic E-state index is -0.566. The number of aryl methyl sites for hydroxylation is 1. The van der Waals surface area contributed by atoms with Crippen LogP contribution >= 0.6 is 11.8 Å². The molecule has 1 aromatic heterocycles. The number of nitro benzene ring substituents is 1. The number of non-ortho nitro benzene ring substituents is 1. The summed E-state index contributed by atoms with van der Waals surface area (Å²) in [4.78, 5) is 40.4. The number of aromatic nitrogens is 1. The molecule has 0 saturated carbocycles. The molecule has 0 spiro atoms. The number of nitro groups is 1. The number of nitrogens with zero attached hydrogens (tertiary/aromatic N) is 3. The molecule has 4 rings (SSSR count). The van der Waals surface area contributed by atoms with E-state index >= 15 is 0 Å². The van der Waals surface area contributed by atoms with Gasteiger partial charge in [-0.1, -0.05) is 36.0 Å². The van der Waals surface area contributed by atoms with Crippen molar-refractivity contribution in [2.75, 3.05) is 12.4 Å². The number of carbonyl (C=O) groups excluding carboxylic acids is 2. The van der Waals surface area contributed by atoms with Crippen molar-refractivity contribution in [3.05, 3.63) is 94.1 Å². The zero-order chi connectivity index (χ0) is 28.1. The highest BCUT2D eigenvalue weighted by Gasteiger charge is 2.19. The predicted molar refractivity (Wildman–Crippen MR) is 152 cm³/mol. The third-order valence-electron chi connectivity index (χ3n) is 5.98. The molecule has 39 heavy (non-hydrogen) atoms. The Morgan fingerprint density at radius 2 is 1.74 bits per heavy atom.